The number of nitrogens with two attached hydrogens (primary N) is 1. The van der Waals surface area contributed by atoms with Crippen molar-refractivity contribution in [1.82, 2.24) is 0 Å². The average molecular weight is 337 g/mol. The summed E-state index contributed by atoms with van der Waals surface area (Å²) < 4.78 is 10.8. The fraction of sp³-hybridized carbons (Fsp3) is 0.500. The van der Waals surface area contributed by atoms with Gasteiger partial charge in [0.1, 0.15) is 6.61 Å². The molecule has 1 unspecified atom stereocenters. The lowest BCUT2D eigenvalue weighted by Crippen LogP contribution is -2.27. The van der Waals surface area contributed by atoms with Gasteiger partial charge in [-0.25, -0.2) is 0 Å². The van der Waals surface area contributed by atoms with Crippen molar-refractivity contribution < 1.29 is 14.3 Å². The van der Waals surface area contributed by atoms with E-state index in [2.05, 4.69) is 5.32 Å². The third-order valence-electron chi connectivity index (χ3n) is 2.70. The molecule has 0 spiro atoms. The molecule has 1 aromatic carbocycles. The summed E-state index contributed by atoms with van der Waals surface area (Å²) in [4.78, 5) is 11.9. The van der Waals surface area contributed by atoms with Gasteiger partial charge in [0.05, 0.1) is 17.3 Å². The summed E-state index contributed by atoms with van der Waals surface area (Å²) in [7, 11) is 0. The average Bonchev–Trinajstić information content (AvgIpc) is 2.44. The molecule has 0 saturated carbocycles. The van der Waals surface area contributed by atoms with Gasteiger partial charge in [-0.3, -0.25) is 4.79 Å². The summed E-state index contributed by atoms with van der Waals surface area (Å²) in [5.74, 6) is 0.0149. The number of anilines is 1. The summed E-state index contributed by atoms with van der Waals surface area (Å²) in [6, 6.07) is 5.20. The van der Waals surface area contributed by atoms with Gasteiger partial charge in [0.2, 0.25) is 5.91 Å². The van der Waals surface area contributed by atoms with E-state index in [0.717, 1.165) is 0 Å². The normalized spacial score (nSPS) is 11.4. The second-order valence-electron chi connectivity index (χ2n) is 4.29. The van der Waals surface area contributed by atoms with Gasteiger partial charge in [0, 0.05) is 19.1 Å². The van der Waals surface area contributed by atoms with E-state index in [1.807, 2.05) is 6.92 Å². The molecule has 5 nitrogen and oxygen atoms in total. The van der Waals surface area contributed by atoms with Crippen LogP contribution in [-0.2, 0) is 9.53 Å². The Labute approximate surface area is 136 Å². The molecule has 0 radical (unpaired) electrons. The van der Waals surface area contributed by atoms with Gasteiger partial charge in [-0.15, -0.1) is 12.4 Å². The predicted molar refractivity (Wildman–Crippen MR) is 87.5 cm³/mol. The number of para-hydroxylation sites is 1. The van der Waals surface area contributed by atoms with Crippen molar-refractivity contribution in [2.24, 2.45) is 11.7 Å². The number of carbonyl (C=O) groups is 1. The summed E-state index contributed by atoms with van der Waals surface area (Å²) in [5.41, 5.74) is 6.01. The molecule has 1 rings (SSSR count). The molecule has 0 fully saturated rings. The summed E-state index contributed by atoms with van der Waals surface area (Å²) in [6.07, 6.45) is 0. The maximum atomic E-state index is 11.9. The lowest BCUT2D eigenvalue weighted by molar-refractivity contribution is -0.119. The number of carbonyl (C=O) groups excluding carboxylic acids is 1. The number of benzene rings is 1. The van der Waals surface area contributed by atoms with E-state index in [0.29, 0.717) is 36.3 Å². The zero-order valence-corrected chi connectivity index (χ0v) is 13.8. The standard InChI is InChI=1S/C14H21ClN2O3.ClH/c1-3-19-7-8-20-13-11(15)5-4-6-12(13)17-14(18)10(2)9-16;/h4-6,10H,3,7-9,16H2,1-2H3,(H,17,18);1H. The fourth-order valence-electron chi connectivity index (χ4n) is 1.46. The largest absolute Gasteiger partial charge is 0.487 e. The van der Waals surface area contributed by atoms with Gasteiger partial charge in [0.25, 0.3) is 0 Å². The van der Waals surface area contributed by atoms with Crippen molar-refractivity contribution in [2.75, 3.05) is 31.7 Å². The topological polar surface area (TPSA) is 73.6 Å². The molecule has 0 saturated heterocycles. The number of ether oxygens (including phenoxy) is 2. The zero-order chi connectivity index (χ0) is 15.0. The molecule has 21 heavy (non-hydrogen) atoms. The number of nitrogens with one attached hydrogen (secondary N) is 1. The van der Waals surface area contributed by atoms with Crippen LogP contribution in [0.3, 0.4) is 0 Å². The predicted octanol–water partition coefficient (Wildman–Crippen LogP) is 2.71. The Hall–Kier alpha value is -1.01. The molecule has 0 bridgehead atoms. The highest BCUT2D eigenvalue weighted by Crippen LogP contribution is 2.33. The van der Waals surface area contributed by atoms with Crippen molar-refractivity contribution in [3.05, 3.63) is 23.2 Å². The number of hydrogen-bond donors (Lipinski definition) is 2. The van der Waals surface area contributed by atoms with Crippen LogP contribution in [0.25, 0.3) is 0 Å². The highest BCUT2D eigenvalue weighted by molar-refractivity contribution is 6.32. The molecule has 7 heteroatoms. The molecule has 0 aliphatic rings. The van der Waals surface area contributed by atoms with Crippen molar-refractivity contribution in [1.29, 1.82) is 0 Å². The number of hydrogen-bond acceptors (Lipinski definition) is 4. The van der Waals surface area contributed by atoms with Gasteiger partial charge in [-0.2, -0.15) is 0 Å². The molecular weight excluding hydrogens is 315 g/mol. The molecule has 1 aromatic rings. The van der Waals surface area contributed by atoms with Gasteiger partial charge >= 0.3 is 0 Å². The van der Waals surface area contributed by atoms with Crippen LogP contribution >= 0.6 is 24.0 Å². The zero-order valence-electron chi connectivity index (χ0n) is 12.2. The Balaban J connectivity index is 0.00000400. The number of halogens is 2. The summed E-state index contributed by atoms with van der Waals surface area (Å²) >= 11 is 6.10. The maximum absolute atomic E-state index is 11.9. The van der Waals surface area contributed by atoms with Gasteiger partial charge in [-0.1, -0.05) is 24.6 Å². The molecule has 1 atom stereocenters. The lowest BCUT2D eigenvalue weighted by Gasteiger charge is -2.15. The first-order chi connectivity index (χ1) is 9.60. The molecule has 0 aromatic heterocycles. The Kier molecular flexibility index (Phi) is 10.2. The first kappa shape index (κ1) is 20.0. The number of rotatable bonds is 8. The van der Waals surface area contributed by atoms with Crippen molar-refractivity contribution >= 4 is 35.6 Å². The Bertz CT molecular complexity index is 444. The van der Waals surface area contributed by atoms with E-state index in [1.165, 1.54) is 0 Å². The van der Waals surface area contributed by atoms with Crippen LogP contribution in [0, 0.1) is 5.92 Å². The Morgan fingerprint density at radius 2 is 2.14 bits per heavy atom. The highest BCUT2D eigenvalue weighted by Gasteiger charge is 2.15. The van der Waals surface area contributed by atoms with Crippen molar-refractivity contribution in [3.63, 3.8) is 0 Å². The number of amides is 1. The SMILES string of the molecule is CCOCCOc1c(Cl)cccc1NC(=O)C(C)CN.Cl. The third kappa shape index (κ3) is 6.52. The van der Waals surface area contributed by atoms with Crippen molar-refractivity contribution in [3.8, 4) is 5.75 Å². The Morgan fingerprint density at radius 3 is 2.76 bits per heavy atom. The van der Waals surface area contributed by atoms with Gasteiger partial charge in [0.15, 0.2) is 5.75 Å². The summed E-state index contributed by atoms with van der Waals surface area (Å²) in [6.45, 7) is 5.42. The molecule has 0 heterocycles. The minimum absolute atomic E-state index is 0. The first-order valence-corrected chi connectivity index (χ1v) is 6.97. The third-order valence-corrected chi connectivity index (χ3v) is 3.00. The van der Waals surface area contributed by atoms with Crippen LogP contribution < -0.4 is 15.8 Å². The lowest BCUT2D eigenvalue weighted by atomic mass is 10.1. The minimum atomic E-state index is -0.273. The van der Waals surface area contributed by atoms with Gasteiger partial charge in [-0.05, 0) is 19.1 Å². The van der Waals surface area contributed by atoms with Crippen LogP contribution in [0.2, 0.25) is 5.02 Å². The van der Waals surface area contributed by atoms with Crippen LogP contribution in [0.15, 0.2) is 18.2 Å². The smallest absolute Gasteiger partial charge is 0.228 e. The summed E-state index contributed by atoms with van der Waals surface area (Å²) in [5, 5.41) is 3.22. The molecule has 120 valence electrons. The maximum Gasteiger partial charge on any atom is 0.228 e. The van der Waals surface area contributed by atoms with E-state index in [4.69, 9.17) is 26.8 Å². The second-order valence-corrected chi connectivity index (χ2v) is 4.70. The fourth-order valence-corrected chi connectivity index (χ4v) is 1.69. The van der Waals surface area contributed by atoms with Crippen LogP contribution in [0.1, 0.15) is 13.8 Å². The monoisotopic (exact) mass is 336 g/mol. The van der Waals surface area contributed by atoms with Crippen LogP contribution in [0.5, 0.6) is 5.75 Å². The van der Waals surface area contributed by atoms with E-state index in [9.17, 15) is 4.79 Å². The molecule has 0 aliphatic carbocycles. The first-order valence-electron chi connectivity index (χ1n) is 6.60. The van der Waals surface area contributed by atoms with Crippen molar-refractivity contribution in [2.45, 2.75) is 13.8 Å². The highest BCUT2D eigenvalue weighted by atomic mass is 35.5. The molecular formula is C14H22Cl2N2O3. The minimum Gasteiger partial charge on any atom is -0.487 e. The Morgan fingerprint density at radius 1 is 1.43 bits per heavy atom. The van der Waals surface area contributed by atoms with E-state index in [1.54, 1.807) is 25.1 Å². The van der Waals surface area contributed by atoms with E-state index < -0.39 is 0 Å². The van der Waals surface area contributed by atoms with Crippen LogP contribution in [-0.4, -0.2) is 32.3 Å². The van der Waals surface area contributed by atoms with E-state index >= 15 is 0 Å². The molecule has 0 aliphatic heterocycles. The quantitative estimate of drug-likeness (QED) is 0.716. The van der Waals surface area contributed by atoms with E-state index in [-0.39, 0.29) is 30.8 Å². The molecule has 1 amide bonds. The van der Waals surface area contributed by atoms with Crippen LogP contribution in [0.4, 0.5) is 5.69 Å². The molecule has 3 N–H and O–H groups in total. The van der Waals surface area contributed by atoms with Gasteiger partial charge < -0.3 is 20.5 Å². The second kappa shape index (κ2) is 10.7.